The van der Waals surface area contributed by atoms with Gasteiger partial charge in [-0.05, 0) is 55.8 Å². The van der Waals surface area contributed by atoms with Crippen LogP contribution in [0.15, 0.2) is 52.3 Å². The van der Waals surface area contributed by atoms with Crippen LogP contribution in [0.25, 0.3) is 11.7 Å². The molecule has 8 nitrogen and oxygen atoms in total. The Morgan fingerprint density at radius 1 is 1.11 bits per heavy atom. The van der Waals surface area contributed by atoms with Crippen LogP contribution in [0.1, 0.15) is 16.7 Å². The van der Waals surface area contributed by atoms with Gasteiger partial charge in [0.1, 0.15) is 21.5 Å². The zero-order valence-corrected chi connectivity index (χ0v) is 22.8. The van der Waals surface area contributed by atoms with Crippen LogP contribution in [0.3, 0.4) is 0 Å². The molecule has 1 amide bonds. The van der Waals surface area contributed by atoms with Crippen LogP contribution < -0.4 is 15.2 Å². The van der Waals surface area contributed by atoms with E-state index in [9.17, 15) is 9.59 Å². The summed E-state index contributed by atoms with van der Waals surface area (Å²) in [6.45, 7) is 5.68. The van der Waals surface area contributed by atoms with Crippen molar-refractivity contribution in [3.8, 4) is 5.75 Å². The van der Waals surface area contributed by atoms with Crippen molar-refractivity contribution < 1.29 is 9.53 Å². The van der Waals surface area contributed by atoms with Crippen molar-refractivity contribution in [2.45, 2.75) is 13.3 Å². The van der Waals surface area contributed by atoms with Gasteiger partial charge in [-0.3, -0.25) is 18.9 Å². The maximum absolute atomic E-state index is 13.7. The number of thiocarbonyl (C=S) groups is 1. The highest BCUT2D eigenvalue weighted by Crippen LogP contribution is 2.34. The van der Waals surface area contributed by atoms with Crippen LogP contribution >= 0.6 is 24.0 Å². The molecule has 0 radical (unpaired) electrons. The average molecular weight is 536 g/mol. The lowest BCUT2D eigenvalue weighted by Gasteiger charge is -2.34. The second kappa shape index (κ2) is 10.6. The van der Waals surface area contributed by atoms with Gasteiger partial charge in [0, 0.05) is 38.9 Å². The molecule has 2 aliphatic heterocycles. The summed E-state index contributed by atoms with van der Waals surface area (Å²) >= 11 is 6.79. The van der Waals surface area contributed by atoms with Gasteiger partial charge in [-0.15, -0.1) is 0 Å². The molecule has 5 rings (SSSR count). The van der Waals surface area contributed by atoms with Gasteiger partial charge >= 0.3 is 0 Å². The minimum absolute atomic E-state index is 0.179. The highest BCUT2D eigenvalue weighted by Gasteiger charge is 2.33. The summed E-state index contributed by atoms with van der Waals surface area (Å²) in [5.41, 5.74) is 2.87. The predicted molar refractivity (Wildman–Crippen MR) is 152 cm³/mol. The fourth-order valence-corrected chi connectivity index (χ4v) is 5.83. The fraction of sp³-hybridized carbons (Fsp3) is 0.333. The van der Waals surface area contributed by atoms with Crippen LogP contribution in [0, 0.1) is 6.92 Å². The molecule has 2 saturated heterocycles. The molecule has 2 aliphatic rings. The first-order valence-electron chi connectivity index (χ1n) is 12.2. The first kappa shape index (κ1) is 25.4. The van der Waals surface area contributed by atoms with Crippen LogP contribution in [0.4, 0.5) is 5.82 Å². The predicted octanol–water partition coefficient (Wildman–Crippen LogP) is 3.21. The minimum Gasteiger partial charge on any atom is -0.497 e. The topological polar surface area (TPSA) is 70.4 Å². The van der Waals surface area contributed by atoms with E-state index in [0.29, 0.717) is 39.2 Å². The molecule has 0 aliphatic carbocycles. The number of rotatable bonds is 6. The summed E-state index contributed by atoms with van der Waals surface area (Å²) in [6.07, 6.45) is 4.07. The van der Waals surface area contributed by atoms with Crippen molar-refractivity contribution in [2.75, 3.05) is 51.8 Å². The van der Waals surface area contributed by atoms with Gasteiger partial charge in [0.15, 0.2) is 0 Å². The van der Waals surface area contributed by atoms with E-state index in [1.165, 1.54) is 11.8 Å². The first-order chi connectivity index (χ1) is 17.9. The number of aromatic nitrogens is 2. The number of anilines is 1. The monoisotopic (exact) mass is 535 g/mol. The number of piperazine rings is 1. The van der Waals surface area contributed by atoms with E-state index >= 15 is 0 Å². The number of likely N-dealkylation sites (N-methyl/N-ethyl adjacent to an activating group) is 1. The number of fused-ring (bicyclic) bond motifs is 1. The van der Waals surface area contributed by atoms with E-state index in [-0.39, 0.29) is 11.5 Å². The lowest BCUT2D eigenvalue weighted by atomic mass is 10.1. The number of hydrogen-bond donors (Lipinski definition) is 0. The van der Waals surface area contributed by atoms with Crippen LogP contribution in [-0.4, -0.2) is 76.3 Å². The SMILES string of the molecule is COc1ccc(CCN2C(=O)/C(=C/c3c(N4CCN(C)CC4)nc4c(C)cccn4c3=O)SC2=S)cc1. The van der Waals surface area contributed by atoms with Crippen LogP contribution in [0.5, 0.6) is 5.75 Å². The highest BCUT2D eigenvalue weighted by atomic mass is 32.2. The Morgan fingerprint density at radius 2 is 1.84 bits per heavy atom. The molecule has 0 bridgehead atoms. The van der Waals surface area contributed by atoms with E-state index in [1.807, 2.05) is 43.3 Å². The third kappa shape index (κ3) is 5.14. The van der Waals surface area contributed by atoms with Crippen molar-refractivity contribution in [1.29, 1.82) is 0 Å². The van der Waals surface area contributed by atoms with Gasteiger partial charge in [0.2, 0.25) is 0 Å². The number of amides is 1. The minimum atomic E-state index is -0.189. The summed E-state index contributed by atoms with van der Waals surface area (Å²) in [7, 11) is 3.72. The molecule has 4 heterocycles. The lowest BCUT2D eigenvalue weighted by molar-refractivity contribution is -0.122. The molecule has 3 aromatic rings. The van der Waals surface area contributed by atoms with E-state index in [0.717, 1.165) is 43.1 Å². The third-order valence-corrected chi connectivity index (χ3v) is 8.18. The van der Waals surface area contributed by atoms with Crippen LogP contribution in [0.2, 0.25) is 0 Å². The number of thioether (sulfide) groups is 1. The van der Waals surface area contributed by atoms with Crippen molar-refractivity contribution in [2.24, 2.45) is 0 Å². The number of methoxy groups -OCH3 is 1. The van der Waals surface area contributed by atoms with E-state index in [1.54, 1.807) is 28.7 Å². The molecule has 0 spiro atoms. The van der Waals surface area contributed by atoms with E-state index in [4.69, 9.17) is 21.9 Å². The lowest BCUT2D eigenvalue weighted by Crippen LogP contribution is -2.45. The number of ether oxygens (including phenoxy) is 1. The second-order valence-electron chi connectivity index (χ2n) is 9.26. The van der Waals surface area contributed by atoms with Crippen molar-refractivity contribution in [3.63, 3.8) is 0 Å². The second-order valence-corrected chi connectivity index (χ2v) is 10.9. The molecule has 1 aromatic carbocycles. The smallest absolute Gasteiger partial charge is 0.267 e. The number of hydrogen-bond acceptors (Lipinski definition) is 8. The molecule has 0 unspecified atom stereocenters. The number of benzene rings is 1. The van der Waals surface area contributed by atoms with Gasteiger partial charge in [-0.2, -0.15) is 0 Å². The van der Waals surface area contributed by atoms with Gasteiger partial charge in [0.05, 0.1) is 17.6 Å². The normalized spacial score (nSPS) is 17.9. The molecule has 192 valence electrons. The van der Waals surface area contributed by atoms with Crippen molar-refractivity contribution in [3.05, 3.63) is 74.5 Å². The summed E-state index contributed by atoms with van der Waals surface area (Å²) in [6, 6.07) is 11.6. The summed E-state index contributed by atoms with van der Waals surface area (Å²) in [5.74, 6) is 1.23. The number of carbonyl (C=O) groups excluding carboxylic acids is 1. The summed E-state index contributed by atoms with van der Waals surface area (Å²) in [5, 5.41) is 0. The molecule has 2 fully saturated rings. The molecule has 10 heteroatoms. The Bertz CT molecular complexity index is 1440. The quantitative estimate of drug-likeness (QED) is 0.352. The summed E-state index contributed by atoms with van der Waals surface area (Å²) < 4.78 is 7.28. The van der Waals surface area contributed by atoms with Gasteiger partial charge in [-0.25, -0.2) is 4.98 Å². The number of nitrogens with zero attached hydrogens (tertiary/aromatic N) is 5. The standard InChI is InChI=1S/C27H29N5O3S2/c1-18-5-4-11-31-23(18)28-24(30-15-13-29(2)14-16-30)21(25(31)33)17-22-26(34)32(27(36)37-22)12-10-19-6-8-20(35-3)9-7-19/h4-9,11,17H,10,12-16H2,1-3H3/b22-17-. The largest absolute Gasteiger partial charge is 0.497 e. The maximum Gasteiger partial charge on any atom is 0.267 e. The Hall–Kier alpha value is -3.21. The Labute approximate surface area is 225 Å². The molecular formula is C27H29N5O3S2. The van der Waals surface area contributed by atoms with Crippen molar-refractivity contribution in [1.82, 2.24) is 19.2 Å². The number of carbonyl (C=O) groups is 1. The Balaban J connectivity index is 1.47. The number of aryl methyl sites for hydroxylation is 1. The highest BCUT2D eigenvalue weighted by molar-refractivity contribution is 8.26. The molecule has 0 N–H and O–H groups in total. The fourth-order valence-electron chi connectivity index (χ4n) is 4.54. The van der Waals surface area contributed by atoms with Gasteiger partial charge in [0.25, 0.3) is 11.5 Å². The van der Waals surface area contributed by atoms with Gasteiger partial charge < -0.3 is 14.5 Å². The van der Waals surface area contributed by atoms with E-state index < -0.39 is 0 Å². The molecule has 0 atom stereocenters. The van der Waals surface area contributed by atoms with Crippen molar-refractivity contribution >= 4 is 51.7 Å². The van der Waals surface area contributed by atoms with E-state index in [2.05, 4.69) is 16.8 Å². The number of pyridine rings is 1. The average Bonchev–Trinajstić information content (AvgIpc) is 3.17. The van der Waals surface area contributed by atoms with Crippen LogP contribution in [-0.2, 0) is 11.2 Å². The zero-order chi connectivity index (χ0) is 26.1. The third-order valence-electron chi connectivity index (χ3n) is 6.80. The maximum atomic E-state index is 13.7. The van der Waals surface area contributed by atoms with Gasteiger partial charge in [-0.1, -0.05) is 42.2 Å². The summed E-state index contributed by atoms with van der Waals surface area (Å²) in [4.78, 5) is 38.5. The molecular weight excluding hydrogens is 506 g/mol. The molecule has 0 saturated carbocycles. The first-order valence-corrected chi connectivity index (χ1v) is 13.4. The zero-order valence-electron chi connectivity index (χ0n) is 21.1. The molecule has 2 aromatic heterocycles. The Morgan fingerprint density at radius 3 is 2.54 bits per heavy atom. The molecule has 37 heavy (non-hydrogen) atoms. The Kier molecular flexibility index (Phi) is 7.32.